The van der Waals surface area contributed by atoms with E-state index in [2.05, 4.69) is 0 Å². The molecule has 0 aliphatic carbocycles. The van der Waals surface area contributed by atoms with E-state index in [-0.39, 0.29) is 32.1 Å². The molecular weight excluding hydrogens is 290 g/mol. The second-order valence-corrected chi connectivity index (χ2v) is 5.31. The topological polar surface area (TPSA) is 98.2 Å². The number of carboxylic acid groups (broad SMARTS) is 1. The van der Waals surface area contributed by atoms with Crippen molar-refractivity contribution in [1.82, 2.24) is 14.7 Å². The smallest absolute Gasteiger partial charge is 0.317 e. The summed E-state index contributed by atoms with van der Waals surface area (Å²) in [5.74, 6) is -0.937. The van der Waals surface area contributed by atoms with Gasteiger partial charge in [-0.2, -0.15) is 0 Å². The first-order valence-corrected chi connectivity index (χ1v) is 7.32. The van der Waals surface area contributed by atoms with Crippen molar-refractivity contribution in [2.45, 2.75) is 12.5 Å². The van der Waals surface area contributed by atoms with Gasteiger partial charge in [-0.05, 0) is 0 Å². The molecule has 1 heterocycles. The predicted octanol–water partition coefficient (Wildman–Crippen LogP) is -1.65. The summed E-state index contributed by atoms with van der Waals surface area (Å²) < 4.78 is 0. The Labute approximate surface area is 129 Å². The van der Waals surface area contributed by atoms with Gasteiger partial charge in [0.2, 0.25) is 0 Å². The van der Waals surface area contributed by atoms with Crippen LogP contribution in [0.25, 0.3) is 0 Å². The van der Waals surface area contributed by atoms with E-state index in [1.54, 1.807) is 4.90 Å². The summed E-state index contributed by atoms with van der Waals surface area (Å²) in [7, 11) is 0. The molecule has 1 N–H and O–H groups in total. The van der Waals surface area contributed by atoms with Gasteiger partial charge in [0.1, 0.15) is 18.9 Å². The van der Waals surface area contributed by atoms with Crippen LogP contribution in [0.1, 0.15) is 6.42 Å². The van der Waals surface area contributed by atoms with Crippen LogP contribution in [0.3, 0.4) is 0 Å². The Kier molecular flexibility index (Phi) is 8.49. The number of aldehydes is 3. The molecule has 0 aromatic carbocycles. The molecule has 1 atom stereocenters. The van der Waals surface area contributed by atoms with Crippen LogP contribution in [0.2, 0.25) is 0 Å². The first-order chi connectivity index (χ1) is 10.6. The predicted molar refractivity (Wildman–Crippen MR) is 78.7 cm³/mol. The van der Waals surface area contributed by atoms with Crippen LogP contribution >= 0.6 is 0 Å². The fourth-order valence-electron chi connectivity index (χ4n) is 2.65. The molecule has 1 unspecified atom stereocenters. The maximum absolute atomic E-state index is 11.0. The second kappa shape index (κ2) is 10.1. The number of aliphatic carboxylic acids is 1. The molecule has 0 amide bonds. The molecule has 0 aromatic rings. The van der Waals surface area contributed by atoms with Crippen molar-refractivity contribution < 1.29 is 24.3 Å². The first kappa shape index (κ1) is 18.4. The molecule has 0 radical (unpaired) electrons. The second-order valence-electron chi connectivity index (χ2n) is 5.31. The van der Waals surface area contributed by atoms with E-state index in [9.17, 15) is 19.2 Å². The van der Waals surface area contributed by atoms with Crippen molar-refractivity contribution in [1.29, 1.82) is 0 Å². The summed E-state index contributed by atoms with van der Waals surface area (Å²) in [5.41, 5.74) is 0. The average molecular weight is 313 g/mol. The Bertz CT molecular complexity index is 391. The standard InChI is InChI=1S/C14H23N3O5/c18-8-1-13-11-16(12-14(21)22)3-2-15(6-9-19)4-5-17(13)7-10-20/h8-10,13H,1-7,11-12H2,(H,21,22). The van der Waals surface area contributed by atoms with Crippen LogP contribution in [-0.2, 0) is 19.2 Å². The maximum Gasteiger partial charge on any atom is 0.317 e. The van der Waals surface area contributed by atoms with Gasteiger partial charge in [-0.25, -0.2) is 0 Å². The van der Waals surface area contributed by atoms with Gasteiger partial charge in [0.25, 0.3) is 0 Å². The van der Waals surface area contributed by atoms with Gasteiger partial charge in [-0.15, -0.1) is 0 Å². The number of carbonyl (C=O) groups excluding carboxylic acids is 3. The van der Waals surface area contributed by atoms with Crippen LogP contribution in [0, 0.1) is 0 Å². The lowest BCUT2D eigenvalue weighted by Crippen LogP contribution is -2.46. The number of carbonyl (C=O) groups is 4. The minimum absolute atomic E-state index is 0.126. The number of rotatable bonds is 8. The van der Waals surface area contributed by atoms with Gasteiger partial charge in [-0.1, -0.05) is 0 Å². The van der Waals surface area contributed by atoms with Crippen molar-refractivity contribution in [2.24, 2.45) is 0 Å². The molecule has 1 aliphatic rings. The molecule has 124 valence electrons. The van der Waals surface area contributed by atoms with E-state index >= 15 is 0 Å². The minimum Gasteiger partial charge on any atom is -0.480 e. The van der Waals surface area contributed by atoms with Crippen molar-refractivity contribution in [3.8, 4) is 0 Å². The first-order valence-electron chi connectivity index (χ1n) is 7.32. The molecule has 0 spiro atoms. The zero-order valence-corrected chi connectivity index (χ0v) is 12.6. The highest BCUT2D eigenvalue weighted by molar-refractivity contribution is 5.69. The Morgan fingerprint density at radius 3 is 2.18 bits per heavy atom. The molecule has 8 heteroatoms. The van der Waals surface area contributed by atoms with Gasteiger partial charge in [0.05, 0.1) is 19.6 Å². The van der Waals surface area contributed by atoms with Gasteiger partial charge >= 0.3 is 5.97 Å². The van der Waals surface area contributed by atoms with E-state index in [0.29, 0.717) is 32.7 Å². The van der Waals surface area contributed by atoms with Crippen LogP contribution in [0.5, 0.6) is 0 Å². The number of hydrogen-bond acceptors (Lipinski definition) is 7. The van der Waals surface area contributed by atoms with Crippen molar-refractivity contribution in [3.63, 3.8) is 0 Å². The van der Waals surface area contributed by atoms with Crippen LogP contribution in [0.4, 0.5) is 0 Å². The Hall–Kier alpha value is -1.64. The lowest BCUT2D eigenvalue weighted by Gasteiger charge is -2.31. The third-order valence-corrected chi connectivity index (χ3v) is 3.79. The SMILES string of the molecule is O=CCC1CN(CC(=O)O)CCN(CC=O)CCN1CC=O. The Morgan fingerprint density at radius 2 is 1.59 bits per heavy atom. The molecule has 0 aromatic heterocycles. The fourth-order valence-corrected chi connectivity index (χ4v) is 2.65. The normalized spacial score (nSPS) is 22.3. The summed E-state index contributed by atoms with van der Waals surface area (Å²) >= 11 is 0. The fraction of sp³-hybridized carbons (Fsp3) is 0.714. The zero-order valence-electron chi connectivity index (χ0n) is 12.6. The lowest BCUT2D eigenvalue weighted by atomic mass is 10.1. The Balaban J connectivity index is 2.88. The van der Waals surface area contributed by atoms with Crippen LogP contribution in [-0.4, -0.2) is 103 Å². The van der Waals surface area contributed by atoms with Crippen LogP contribution in [0.15, 0.2) is 0 Å². The summed E-state index contributed by atoms with van der Waals surface area (Å²) in [6, 6.07) is -0.196. The molecule has 0 saturated carbocycles. The highest BCUT2D eigenvalue weighted by Gasteiger charge is 2.25. The number of carboxylic acids is 1. The number of hydrogen-bond donors (Lipinski definition) is 1. The van der Waals surface area contributed by atoms with Gasteiger partial charge in [0.15, 0.2) is 0 Å². The summed E-state index contributed by atoms with van der Waals surface area (Å²) in [6.07, 6.45) is 2.63. The monoisotopic (exact) mass is 313 g/mol. The van der Waals surface area contributed by atoms with Gasteiger partial charge in [0, 0.05) is 45.2 Å². The lowest BCUT2D eigenvalue weighted by molar-refractivity contribution is -0.138. The summed E-state index contributed by atoms with van der Waals surface area (Å²) in [4.78, 5) is 49.0. The highest BCUT2D eigenvalue weighted by atomic mass is 16.4. The van der Waals surface area contributed by atoms with E-state index in [1.807, 2.05) is 9.80 Å². The molecular formula is C14H23N3O5. The summed E-state index contributed by atoms with van der Waals surface area (Å²) in [6.45, 7) is 2.99. The van der Waals surface area contributed by atoms with E-state index in [0.717, 1.165) is 18.9 Å². The quantitative estimate of drug-likeness (QED) is 0.532. The average Bonchev–Trinajstić information content (AvgIpc) is 2.53. The maximum atomic E-state index is 11.0. The van der Waals surface area contributed by atoms with E-state index in [1.165, 1.54) is 0 Å². The molecule has 0 bridgehead atoms. The molecule has 1 aliphatic heterocycles. The van der Waals surface area contributed by atoms with Crippen molar-refractivity contribution in [3.05, 3.63) is 0 Å². The Morgan fingerprint density at radius 1 is 0.955 bits per heavy atom. The van der Waals surface area contributed by atoms with E-state index < -0.39 is 5.97 Å². The molecule has 1 saturated heterocycles. The zero-order chi connectivity index (χ0) is 16.4. The highest BCUT2D eigenvalue weighted by Crippen LogP contribution is 2.09. The third kappa shape index (κ3) is 6.42. The number of nitrogens with zero attached hydrogens (tertiary/aromatic N) is 3. The van der Waals surface area contributed by atoms with Crippen LogP contribution < -0.4 is 0 Å². The minimum atomic E-state index is -0.937. The third-order valence-electron chi connectivity index (χ3n) is 3.79. The largest absolute Gasteiger partial charge is 0.480 e. The molecule has 1 rings (SSSR count). The molecule has 1 fully saturated rings. The van der Waals surface area contributed by atoms with Crippen molar-refractivity contribution >= 4 is 24.8 Å². The summed E-state index contributed by atoms with van der Waals surface area (Å²) in [5, 5.41) is 9.00. The molecule has 22 heavy (non-hydrogen) atoms. The van der Waals surface area contributed by atoms with E-state index in [4.69, 9.17) is 5.11 Å². The van der Waals surface area contributed by atoms with Gasteiger partial charge in [-0.3, -0.25) is 19.5 Å². The molecule has 8 nitrogen and oxygen atoms in total. The van der Waals surface area contributed by atoms with Crippen molar-refractivity contribution in [2.75, 3.05) is 52.4 Å². The van der Waals surface area contributed by atoms with Gasteiger partial charge < -0.3 is 19.5 Å².